The van der Waals surface area contributed by atoms with Crippen molar-refractivity contribution in [1.29, 1.82) is 0 Å². The largest absolute Gasteiger partial charge is 0.465 e. The molecule has 22 heavy (non-hydrogen) atoms. The highest BCUT2D eigenvalue weighted by Crippen LogP contribution is 2.31. The lowest BCUT2D eigenvalue weighted by molar-refractivity contribution is 0.0600. The van der Waals surface area contributed by atoms with Gasteiger partial charge in [-0.3, -0.25) is 4.72 Å². The molecule has 0 heterocycles. The molecular formula is C14H11Cl2NO4S. The van der Waals surface area contributed by atoms with Crippen molar-refractivity contribution in [2.45, 2.75) is 4.90 Å². The van der Waals surface area contributed by atoms with Crippen LogP contribution in [0.3, 0.4) is 0 Å². The quantitative estimate of drug-likeness (QED) is 0.846. The van der Waals surface area contributed by atoms with Gasteiger partial charge >= 0.3 is 5.97 Å². The molecule has 2 rings (SSSR count). The molecule has 2 aromatic carbocycles. The van der Waals surface area contributed by atoms with E-state index in [1.54, 1.807) is 12.1 Å². The number of benzene rings is 2. The molecule has 1 N–H and O–H groups in total. The van der Waals surface area contributed by atoms with Crippen LogP contribution in [0.25, 0.3) is 0 Å². The Kier molecular flexibility index (Phi) is 4.95. The van der Waals surface area contributed by atoms with Gasteiger partial charge in [0.2, 0.25) is 0 Å². The van der Waals surface area contributed by atoms with Crippen LogP contribution in [0.4, 0.5) is 5.69 Å². The van der Waals surface area contributed by atoms with Crippen molar-refractivity contribution in [3.05, 3.63) is 58.1 Å². The molecule has 0 fully saturated rings. The lowest BCUT2D eigenvalue weighted by Gasteiger charge is -2.11. The summed E-state index contributed by atoms with van der Waals surface area (Å²) >= 11 is 11.8. The monoisotopic (exact) mass is 359 g/mol. The van der Waals surface area contributed by atoms with Gasteiger partial charge in [-0.2, -0.15) is 0 Å². The van der Waals surface area contributed by atoms with E-state index in [0.717, 1.165) is 0 Å². The van der Waals surface area contributed by atoms with Crippen molar-refractivity contribution in [1.82, 2.24) is 0 Å². The Morgan fingerprint density at radius 3 is 2.50 bits per heavy atom. The molecule has 116 valence electrons. The number of sulfonamides is 1. The zero-order chi connectivity index (χ0) is 16.3. The van der Waals surface area contributed by atoms with Crippen LogP contribution in [0, 0.1) is 0 Å². The number of carbonyl (C=O) groups excluding carboxylic acids is 1. The number of hydrogen-bond acceptors (Lipinski definition) is 4. The van der Waals surface area contributed by atoms with Crippen molar-refractivity contribution >= 4 is 44.9 Å². The van der Waals surface area contributed by atoms with E-state index in [0.29, 0.717) is 0 Å². The molecule has 0 radical (unpaired) electrons. The minimum Gasteiger partial charge on any atom is -0.465 e. The summed E-state index contributed by atoms with van der Waals surface area (Å²) in [5.41, 5.74) is 0.278. The van der Waals surface area contributed by atoms with Crippen LogP contribution in [0.2, 0.25) is 10.0 Å². The highest BCUT2D eigenvalue weighted by atomic mass is 35.5. The molecule has 8 heteroatoms. The summed E-state index contributed by atoms with van der Waals surface area (Å²) in [4.78, 5) is 11.4. The first kappa shape index (κ1) is 16.6. The maximum Gasteiger partial charge on any atom is 0.337 e. The SMILES string of the molecule is COC(=O)c1cccc(S(=O)(=O)Nc2cccc(Cl)c2Cl)c1. The fraction of sp³-hybridized carbons (Fsp3) is 0.0714. The van der Waals surface area contributed by atoms with Crippen molar-refractivity contribution in [3.63, 3.8) is 0 Å². The van der Waals surface area contributed by atoms with Crippen molar-refractivity contribution in [2.24, 2.45) is 0 Å². The van der Waals surface area contributed by atoms with E-state index in [4.69, 9.17) is 23.2 Å². The van der Waals surface area contributed by atoms with Crippen LogP contribution >= 0.6 is 23.2 Å². The molecule has 0 aliphatic carbocycles. The predicted octanol–water partition coefficient (Wildman–Crippen LogP) is 3.58. The van der Waals surface area contributed by atoms with Crippen LogP contribution in [0.5, 0.6) is 0 Å². The van der Waals surface area contributed by atoms with E-state index in [9.17, 15) is 13.2 Å². The molecule has 2 aromatic rings. The van der Waals surface area contributed by atoms with Crippen molar-refractivity contribution < 1.29 is 17.9 Å². The first-order valence-corrected chi connectivity index (χ1v) is 8.24. The lowest BCUT2D eigenvalue weighted by Crippen LogP contribution is -2.14. The van der Waals surface area contributed by atoms with E-state index in [2.05, 4.69) is 9.46 Å². The van der Waals surface area contributed by atoms with Crippen LogP contribution in [0.15, 0.2) is 47.4 Å². The summed E-state index contributed by atoms with van der Waals surface area (Å²) < 4.78 is 31.6. The molecule has 0 spiro atoms. The summed E-state index contributed by atoms with van der Waals surface area (Å²) in [7, 11) is -2.70. The number of anilines is 1. The number of halogens is 2. The van der Waals surface area contributed by atoms with Crippen LogP contribution in [-0.2, 0) is 14.8 Å². The maximum atomic E-state index is 12.4. The number of esters is 1. The van der Waals surface area contributed by atoms with Gasteiger partial charge < -0.3 is 4.74 Å². The Balaban J connectivity index is 2.39. The van der Waals surface area contributed by atoms with Gasteiger partial charge in [0.25, 0.3) is 10.0 Å². The third-order valence-electron chi connectivity index (χ3n) is 2.76. The number of nitrogens with one attached hydrogen (secondary N) is 1. The van der Waals surface area contributed by atoms with Crippen molar-refractivity contribution in [2.75, 3.05) is 11.8 Å². The molecule has 0 amide bonds. The molecule has 0 saturated heterocycles. The fourth-order valence-corrected chi connectivity index (χ4v) is 3.22. The van der Waals surface area contributed by atoms with Gasteiger partial charge in [-0.1, -0.05) is 35.3 Å². The third-order valence-corrected chi connectivity index (χ3v) is 4.94. The topological polar surface area (TPSA) is 72.5 Å². The Hall–Kier alpha value is -1.76. The molecule has 5 nitrogen and oxygen atoms in total. The zero-order valence-electron chi connectivity index (χ0n) is 11.3. The molecule has 0 atom stereocenters. The molecule has 0 unspecified atom stereocenters. The Morgan fingerprint density at radius 1 is 1.14 bits per heavy atom. The molecule has 0 aliphatic heterocycles. The van der Waals surface area contributed by atoms with Gasteiger partial charge in [-0.25, -0.2) is 13.2 Å². The van der Waals surface area contributed by atoms with E-state index in [-0.39, 0.29) is 26.2 Å². The number of hydrogen-bond donors (Lipinski definition) is 1. The second-order valence-corrected chi connectivity index (χ2v) is 6.69. The highest BCUT2D eigenvalue weighted by molar-refractivity contribution is 7.92. The molecule has 0 aliphatic rings. The Labute approximate surface area is 137 Å². The average molecular weight is 360 g/mol. The summed E-state index contributed by atoms with van der Waals surface area (Å²) in [5, 5.41) is 0.321. The normalized spacial score (nSPS) is 11.0. The number of rotatable bonds is 4. The number of carbonyl (C=O) groups is 1. The van der Waals surface area contributed by atoms with E-state index in [1.807, 2.05) is 0 Å². The second kappa shape index (κ2) is 6.56. The predicted molar refractivity (Wildman–Crippen MR) is 85.1 cm³/mol. The van der Waals surface area contributed by atoms with Crippen LogP contribution < -0.4 is 4.72 Å². The van der Waals surface area contributed by atoms with E-state index < -0.39 is 16.0 Å². The Bertz CT molecular complexity index is 821. The molecule has 0 aromatic heterocycles. The van der Waals surface area contributed by atoms with E-state index >= 15 is 0 Å². The minimum absolute atomic E-state index is 0.0913. The third kappa shape index (κ3) is 3.52. The minimum atomic E-state index is -3.92. The standard InChI is InChI=1S/C14H11Cl2NO4S/c1-21-14(18)9-4-2-5-10(8-9)22(19,20)17-12-7-3-6-11(15)13(12)16/h2-8,17H,1H3. The second-order valence-electron chi connectivity index (χ2n) is 4.23. The smallest absolute Gasteiger partial charge is 0.337 e. The van der Waals surface area contributed by atoms with Gasteiger partial charge in [-0.05, 0) is 30.3 Å². The van der Waals surface area contributed by atoms with E-state index in [1.165, 1.54) is 37.4 Å². The first-order valence-electron chi connectivity index (χ1n) is 6.00. The number of methoxy groups -OCH3 is 1. The Morgan fingerprint density at radius 2 is 1.82 bits per heavy atom. The molecular weight excluding hydrogens is 349 g/mol. The van der Waals surface area contributed by atoms with Gasteiger partial charge in [0.1, 0.15) is 0 Å². The first-order chi connectivity index (χ1) is 10.3. The molecule has 0 saturated carbocycles. The summed E-state index contributed by atoms with van der Waals surface area (Å²) in [6.45, 7) is 0. The average Bonchev–Trinajstić information content (AvgIpc) is 2.51. The zero-order valence-corrected chi connectivity index (χ0v) is 13.7. The summed E-state index contributed by atoms with van der Waals surface area (Å²) in [5.74, 6) is -0.627. The highest BCUT2D eigenvalue weighted by Gasteiger charge is 2.18. The van der Waals surface area contributed by atoms with Crippen molar-refractivity contribution in [3.8, 4) is 0 Å². The number of ether oxygens (including phenoxy) is 1. The van der Waals surface area contributed by atoms with Crippen LogP contribution in [-0.4, -0.2) is 21.5 Å². The van der Waals surface area contributed by atoms with Gasteiger partial charge in [0.05, 0.1) is 33.3 Å². The maximum absolute atomic E-state index is 12.4. The van der Waals surface area contributed by atoms with Gasteiger partial charge in [0.15, 0.2) is 0 Å². The van der Waals surface area contributed by atoms with Crippen LogP contribution in [0.1, 0.15) is 10.4 Å². The van der Waals surface area contributed by atoms with Gasteiger partial charge in [0, 0.05) is 0 Å². The molecule has 0 bridgehead atoms. The van der Waals surface area contributed by atoms with Gasteiger partial charge in [-0.15, -0.1) is 0 Å². The fourth-order valence-electron chi connectivity index (χ4n) is 1.69. The summed E-state index contributed by atoms with van der Waals surface area (Å²) in [6, 6.07) is 10.1. The lowest BCUT2D eigenvalue weighted by atomic mass is 10.2. The summed E-state index contributed by atoms with van der Waals surface area (Å²) in [6.07, 6.45) is 0.